The fraction of sp³-hybridized carbons (Fsp3) is 0.643. The highest BCUT2D eigenvalue weighted by molar-refractivity contribution is 5.13. The van der Waals surface area contributed by atoms with E-state index in [2.05, 4.69) is 17.1 Å². The van der Waals surface area contributed by atoms with Gasteiger partial charge in [-0.2, -0.15) is 0 Å². The monoisotopic (exact) mass is 218 g/mol. The van der Waals surface area contributed by atoms with E-state index in [1.54, 1.807) is 0 Å². The number of pyridine rings is 1. The van der Waals surface area contributed by atoms with Crippen molar-refractivity contribution in [3.05, 3.63) is 29.6 Å². The molecule has 1 atom stereocenters. The highest BCUT2D eigenvalue weighted by Crippen LogP contribution is 2.30. The maximum atomic E-state index is 6.23. The van der Waals surface area contributed by atoms with Gasteiger partial charge < -0.3 is 5.73 Å². The van der Waals surface area contributed by atoms with Crippen LogP contribution in [0.25, 0.3) is 0 Å². The summed E-state index contributed by atoms with van der Waals surface area (Å²) in [7, 11) is 0. The van der Waals surface area contributed by atoms with Crippen LogP contribution in [-0.2, 0) is 0 Å². The molecular weight excluding hydrogens is 196 g/mol. The van der Waals surface area contributed by atoms with Crippen LogP contribution in [-0.4, -0.2) is 4.98 Å². The Labute approximate surface area is 98.3 Å². The molecule has 1 saturated carbocycles. The third-order valence-corrected chi connectivity index (χ3v) is 3.60. The van der Waals surface area contributed by atoms with Gasteiger partial charge in [0.2, 0.25) is 0 Å². The van der Waals surface area contributed by atoms with E-state index in [0.29, 0.717) is 0 Å². The van der Waals surface area contributed by atoms with Crippen LogP contribution >= 0.6 is 0 Å². The third-order valence-electron chi connectivity index (χ3n) is 3.60. The van der Waals surface area contributed by atoms with E-state index in [4.69, 9.17) is 5.73 Å². The van der Waals surface area contributed by atoms with Crippen molar-refractivity contribution in [2.24, 2.45) is 11.7 Å². The van der Waals surface area contributed by atoms with Crippen molar-refractivity contribution < 1.29 is 0 Å². The van der Waals surface area contributed by atoms with Crippen molar-refractivity contribution in [2.75, 3.05) is 0 Å². The van der Waals surface area contributed by atoms with Gasteiger partial charge in [0, 0.05) is 11.7 Å². The van der Waals surface area contributed by atoms with Gasteiger partial charge in [-0.05, 0) is 31.4 Å². The quantitative estimate of drug-likeness (QED) is 0.845. The van der Waals surface area contributed by atoms with E-state index in [0.717, 1.165) is 23.7 Å². The lowest BCUT2D eigenvalue weighted by molar-refractivity contribution is 0.317. The molecule has 0 spiro atoms. The number of nitrogens with two attached hydrogens (primary N) is 1. The predicted octanol–water partition coefficient (Wildman–Crippen LogP) is 3.36. The average Bonchev–Trinajstić information content (AvgIpc) is 2.30. The molecule has 1 aromatic heterocycles. The Hall–Kier alpha value is -0.890. The molecule has 2 nitrogen and oxygen atoms in total. The molecule has 1 aliphatic rings. The Kier molecular flexibility index (Phi) is 3.94. The van der Waals surface area contributed by atoms with E-state index in [1.807, 2.05) is 13.0 Å². The summed E-state index contributed by atoms with van der Waals surface area (Å²) < 4.78 is 0. The second-order valence-electron chi connectivity index (χ2n) is 5.05. The zero-order chi connectivity index (χ0) is 11.4. The van der Waals surface area contributed by atoms with Gasteiger partial charge >= 0.3 is 0 Å². The van der Waals surface area contributed by atoms with Crippen LogP contribution in [0.4, 0.5) is 0 Å². The summed E-state index contributed by atoms with van der Waals surface area (Å²) in [4.78, 5) is 4.51. The number of rotatable bonds is 3. The summed E-state index contributed by atoms with van der Waals surface area (Å²) in [5.74, 6) is 0.825. The highest BCUT2D eigenvalue weighted by atomic mass is 14.8. The molecule has 0 radical (unpaired) electrons. The van der Waals surface area contributed by atoms with Crippen LogP contribution < -0.4 is 5.73 Å². The van der Waals surface area contributed by atoms with Crippen LogP contribution in [0.5, 0.6) is 0 Å². The van der Waals surface area contributed by atoms with E-state index in [-0.39, 0.29) is 6.04 Å². The van der Waals surface area contributed by atoms with Crippen molar-refractivity contribution in [3.63, 3.8) is 0 Å². The van der Waals surface area contributed by atoms with Gasteiger partial charge in [-0.25, -0.2) is 0 Å². The van der Waals surface area contributed by atoms with Crippen molar-refractivity contribution in [1.29, 1.82) is 0 Å². The molecule has 0 amide bonds. The number of hydrogen-bond donors (Lipinski definition) is 1. The molecule has 16 heavy (non-hydrogen) atoms. The molecule has 0 aliphatic heterocycles. The van der Waals surface area contributed by atoms with Gasteiger partial charge in [0.15, 0.2) is 0 Å². The molecular formula is C14H22N2. The Morgan fingerprint density at radius 2 is 2.06 bits per heavy atom. The zero-order valence-electron chi connectivity index (χ0n) is 10.2. The van der Waals surface area contributed by atoms with E-state index < -0.39 is 0 Å². The van der Waals surface area contributed by atoms with E-state index in [1.165, 1.54) is 32.1 Å². The maximum Gasteiger partial charge on any atom is 0.0574 e. The summed E-state index contributed by atoms with van der Waals surface area (Å²) >= 11 is 0. The minimum atomic E-state index is 0.128. The van der Waals surface area contributed by atoms with Crippen LogP contribution in [0.2, 0.25) is 0 Å². The summed E-state index contributed by atoms with van der Waals surface area (Å²) in [5.41, 5.74) is 8.36. The van der Waals surface area contributed by atoms with Crippen molar-refractivity contribution in [2.45, 2.75) is 51.5 Å². The summed E-state index contributed by atoms with van der Waals surface area (Å²) in [6.07, 6.45) is 8.02. The molecule has 1 fully saturated rings. The molecule has 0 saturated heterocycles. The third kappa shape index (κ3) is 3.05. The highest BCUT2D eigenvalue weighted by Gasteiger charge is 2.18. The van der Waals surface area contributed by atoms with Crippen molar-refractivity contribution >= 4 is 0 Å². The SMILES string of the molecule is Cc1cccc(C(N)CC2CCCCC2)n1. The zero-order valence-corrected chi connectivity index (χ0v) is 10.2. The number of aryl methyl sites for hydroxylation is 1. The standard InChI is InChI=1S/C14H22N2/c1-11-6-5-9-14(16-11)13(15)10-12-7-3-2-4-8-12/h5-6,9,12-13H,2-4,7-8,10,15H2,1H3. The fourth-order valence-corrected chi connectivity index (χ4v) is 2.67. The van der Waals surface area contributed by atoms with Gasteiger partial charge in [0.1, 0.15) is 0 Å². The number of aromatic nitrogens is 1. The molecule has 88 valence electrons. The average molecular weight is 218 g/mol. The molecule has 0 bridgehead atoms. The van der Waals surface area contributed by atoms with E-state index >= 15 is 0 Å². The lowest BCUT2D eigenvalue weighted by atomic mass is 9.84. The van der Waals surface area contributed by atoms with E-state index in [9.17, 15) is 0 Å². The van der Waals surface area contributed by atoms with Gasteiger partial charge in [-0.1, -0.05) is 38.2 Å². The van der Waals surface area contributed by atoms with Crippen LogP contribution in [0.1, 0.15) is 56.0 Å². The molecule has 1 aliphatic carbocycles. The Morgan fingerprint density at radius 3 is 2.75 bits per heavy atom. The lowest BCUT2D eigenvalue weighted by Crippen LogP contribution is -2.18. The maximum absolute atomic E-state index is 6.23. The Morgan fingerprint density at radius 1 is 1.31 bits per heavy atom. The van der Waals surface area contributed by atoms with Crippen molar-refractivity contribution in [1.82, 2.24) is 4.98 Å². The molecule has 2 rings (SSSR count). The number of hydrogen-bond acceptors (Lipinski definition) is 2. The van der Waals surface area contributed by atoms with Crippen LogP contribution in [0.15, 0.2) is 18.2 Å². The first-order valence-electron chi connectivity index (χ1n) is 6.45. The molecule has 0 aromatic carbocycles. The molecule has 2 heteroatoms. The Balaban J connectivity index is 1.94. The first-order chi connectivity index (χ1) is 7.75. The first-order valence-corrected chi connectivity index (χ1v) is 6.45. The van der Waals surface area contributed by atoms with Gasteiger partial charge in [-0.3, -0.25) is 4.98 Å². The topological polar surface area (TPSA) is 38.9 Å². The second-order valence-corrected chi connectivity index (χ2v) is 5.05. The molecule has 1 unspecified atom stereocenters. The normalized spacial score (nSPS) is 19.6. The predicted molar refractivity (Wildman–Crippen MR) is 67.1 cm³/mol. The van der Waals surface area contributed by atoms with Crippen LogP contribution in [0, 0.1) is 12.8 Å². The van der Waals surface area contributed by atoms with Gasteiger partial charge in [-0.15, -0.1) is 0 Å². The minimum Gasteiger partial charge on any atom is -0.323 e. The van der Waals surface area contributed by atoms with Crippen LogP contribution in [0.3, 0.4) is 0 Å². The first kappa shape index (κ1) is 11.6. The largest absolute Gasteiger partial charge is 0.323 e. The Bertz CT molecular complexity index is 329. The van der Waals surface area contributed by atoms with Gasteiger partial charge in [0.05, 0.1) is 5.69 Å². The fourth-order valence-electron chi connectivity index (χ4n) is 2.67. The molecule has 1 heterocycles. The molecule has 2 N–H and O–H groups in total. The summed E-state index contributed by atoms with van der Waals surface area (Å²) in [6, 6.07) is 6.26. The van der Waals surface area contributed by atoms with Gasteiger partial charge in [0.25, 0.3) is 0 Å². The van der Waals surface area contributed by atoms with Crippen molar-refractivity contribution in [3.8, 4) is 0 Å². The lowest BCUT2D eigenvalue weighted by Gasteiger charge is -2.24. The summed E-state index contributed by atoms with van der Waals surface area (Å²) in [6.45, 7) is 2.02. The number of nitrogens with zero attached hydrogens (tertiary/aromatic N) is 1. The molecule has 1 aromatic rings. The minimum absolute atomic E-state index is 0.128. The summed E-state index contributed by atoms with van der Waals surface area (Å²) in [5, 5.41) is 0. The second kappa shape index (κ2) is 5.44. The smallest absolute Gasteiger partial charge is 0.0574 e.